The first-order valence-corrected chi connectivity index (χ1v) is 15.1. The molecule has 112 valence electrons. The van der Waals surface area contributed by atoms with Gasteiger partial charge in [0.15, 0.2) is 0 Å². The minimum absolute atomic E-state index is 0.617. The van der Waals surface area contributed by atoms with E-state index >= 15 is 0 Å². The van der Waals surface area contributed by atoms with Gasteiger partial charge in [-0.25, -0.2) is 0 Å². The second-order valence-electron chi connectivity index (χ2n) is 7.65. The summed E-state index contributed by atoms with van der Waals surface area (Å²) in [5.41, 5.74) is 4.23. The van der Waals surface area contributed by atoms with Gasteiger partial charge in [-0.15, -0.1) is 5.70 Å². The molecule has 0 radical (unpaired) electrons. The van der Waals surface area contributed by atoms with Crippen molar-refractivity contribution in [1.29, 1.82) is 0 Å². The maximum Gasteiger partial charge on any atom is 0.0552 e. The normalized spacial score (nSPS) is 19.2. The molecule has 0 spiro atoms. The van der Waals surface area contributed by atoms with Gasteiger partial charge in [0.2, 0.25) is 0 Å². The van der Waals surface area contributed by atoms with Crippen LogP contribution in [0, 0.1) is 0 Å². The summed E-state index contributed by atoms with van der Waals surface area (Å²) in [5.74, 6) is 0. The van der Waals surface area contributed by atoms with Crippen LogP contribution in [0.5, 0.6) is 0 Å². The van der Waals surface area contributed by atoms with Crippen molar-refractivity contribution < 1.29 is 0 Å². The Morgan fingerprint density at radius 2 is 1.79 bits per heavy atom. The minimum Gasteiger partial charge on any atom is -0.314 e. The molecule has 19 heavy (non-hydrogen) atoms. The van der Waals surface area contributed by atoms with Crippen molar-refractivity contribution >= 4 is 15.9 Å². The molecule has 1 aliphatic carbocycles. The second-order valence-corrected chi connectivity index (χ2v) is 21.9. The van der Waals surface area contributed by atoms with E-state index in [2.05, 4.69) is 44.5 Å². The number of allylic oxidation sites excluding steroid dienone is 1. The molecular formula is C16H35NSi2. The van der Waals surface area contributed by atoms with Gasteiger partial charge >= 0.3 is 0 Å². The van der Waals surface area contributed by atoms with Gasteiger partial charge in [0.1, 0.15) is 0 Å². The van der Waals surface area contributed by atoms with Crippen LogP contribution in [0.4, 0.5) is 0 Å². The highest BCUT2D eigenvalue weighted by molar-refractivity contribution is 7.33. The third-order valence-electron chi connectivity index (χ3n) is 4.38. The van der Waals surface area contributed by atoms with Crippen molar-refractivity contribution in [3.05, 3.63) is 11.3 Å². The number of rotatable bonds is 7. The Morgan fingerprint density at radius 3 is 2.32 bits per heavy atom. The van der Waals surface area contributed by atoms with Crippen LogP contribution >= 0.6 is 0 Å². The molecule has 1 saturated carbocycles. The van der Waals surface area contributed by atoms with Crippen LogP contribution in [0.1, 0.15) is 52.4 Å². The molecule has 0 heterocycles. The Hall–Kier alpha value is 0.134. The molecule has 1 nitrogen and oxygen atoms in total. The SMILES string of the molecule is CC(C)=C[SiH](CCCNC1CCCCC1)[Si](C)(C)C. The van der Waals surface area contributed by atoms with E-state index in [0.29, 0.717) is 0 Å². The summed E-state index contributed by atoms with van der Waals surface area (Å²) < 4.78 is 0. The second kappa shape index (κ2) is 8.43. The van der Waals surface area contributed by atoms with E-state index < -0.39 is 15.9 Å². The number of hydrogen-bond donors (Lipinski definition) is 1. The highest BCUT2D eigenvalue weighted by Gasteiger charge is 2.25. The largest absolute Gasteiger partial charge is 0.314 e. The van der Waals surface area contributed by atoms with Crippen molar-refractivity contribution in [2.45, 2.75) is 84.1 Å². The lowest BCUT2D eigenvalue weighted by Crippen LogP contribution is -2.42. The fraction of sp³-hybridized carbons (Fsp3) is 0.875. The van der Waals surface area contributed by atoms with E-state index in [4.69, 9.17) is 0 Å². The summed E-state index contributed by atoms with van der Waals surface area (Å²) in [7, 11) is -1.52. The Labute approximate surface area is 123 Å². The lowest BCUT2D eigenvalue weighted by atomic mass is 9.95. The van der Waals surface area contributed by atoms with Gasteiger partial charge in [-0.3, -0.25) is 0 Å². The van der Waals surface area contributed by atoms with Gasteiger partial charge in [0.05, 0.1) is 8.31 Å². The van der Waals surface area contributed by atoms with Crippen LogP contribution in [-0.2, 0) is 0 Å². The maximum absolute atomic E-state index is 3.80. The summed E-state index contributed by atoms with van der Waals surface area (Å²) in [4.78, 5) is 0. The van der Waals surface area contributed by atoms with Crippen molar-refractivity contribution in [3.63, 3.8) is 0 Å². The lowest BCUT2D eigenvalue weighted by molar-refractivity contribution is 0.374. The van der Waals surface area contributed by atoms with E-state index in [1.54, 1.807) is 5.57 Å². The summed E-state index contributed by atoms with van der Waals surface area (Å²) >= 11 is 0. The monoisotopic (exact) mass is 297 g/mol. The van der Waals surface area contributed by atoms with Gasteiger partial charge in [0, 0.05) is 13.6 Å². The van der Waals surface area contributed by atoms with Crippen molar-refractivity contribution in [1.82, 2.24) is 5.32 Å². The molecule has 3 heteroatoms. The average Bonchev–Trinajstić information content (AvgIpc) is 2.32. The lowest BCUT2D eigenvalue weighted by Gasteiger charge is -2.27. The highest BCUT2D eigenvalue weighted by Crippen LogP contribution is 2.18. The fourth-order valence-corrected chi connectivity index (χ4v) is 11.8. The molecule has 1 atom stereocenters. The molecule has 0 aromatic carbocycles. The van der Waals surface area contributed by atoms with Gasteiger partial charge in [0.25, 0.3) is 0 Å². The maximum atomic E-state index is 3.80. The molecule has 1 unspecified atom stereocenters. The van der Waals surface area contributed by atoms with E-state index in [1.165, 1.54) is 51.1 Å². The molecule has 0 aromatic heterocycles. The van der Waals surface area contributed by atoms with Crippen molar-refractivity contribution in [2.24, 2.45) is 0 Å². The van der Waals surface area contributed by atoms with Gasteiger partial charge < -0.3 is 5.32 Å². The smallest absolute Gasteiger partial charge is 0.0552 e. The molecule has 0 aliphatic heterocycles. The van der Waals surface area contributed by atoms with E-state index in [0.717, 1.165) is 6.04 Å². The zero-order valence-electron chi connectivity index (χ0n) is 13.9. The van der Waals surface area contributed by atoms with Crippen molar-refractivity contribution in [2.75, 3.05) is 6.54 Å². The Balaban J connectivity index is 2.26. The van der Waals surface area contributed by atoms with Crippen LogP contribution in [-0.4, -0.2) is 28.5 Å². The molecule has 1 rings (SSSR count). The quantitative estimate of drug-likeness (QED) is 0.541. The van der Waals surface area contributed by atoms with Gasteiger partial charge in [-0.1, -0.05) is 50.5 Å². The Bertz CT molecular complexity index is 271. The van der Waals surface area contributed by atoms with Crippen LogP contribution in [0.25, 0.3) is 0 Å². The standard InChI is InChI=1S/C16H35NSi2/c1-15(2)14-18(19(3,4)5)13-9-12-17-16-10-7-6-8-11-16/h14,16-18H,6-13H2,1-5H3. The molecule has 0 amide bonds. The summed E-state index contributed by atoms with van der Waals surface area (Å²) in [6, 6.07) is 2.35. The summed E-state index contributed by atoms with van der Waals surface area (Å²) in [6.45, 7) is 13.5. The average molecular weight is 298 g/mol. The van der Waals surface area contributed by atoms with E-state index in [9.17, 15) is 0 Å². The van der Waals surface area contributed by atoms with Crippen LogP contribution in [0.2, 0.25) is 25.7 Å². The Kier molecular flexibility index (Phi) is 7.62. The van der Waals surface area contributed by atoms with Crippen LogP contribution in [0.15, 0.2) is 11.3 Å². The third-order valence-corrected chi connectivity index (χ3v) is 16.7. The first-order chi connectivity index (χ1) is 8.89. The zero-order chi connectivity index (χ0) is 14.3. The van der Waals surface area contributed by atoms with Crippen LogP contribution in [0.3, 0.4) is 0 Å². The predicted molar refractivity (Wildman–Crippen MR) is 94.2 cm³/mol. The molecule has 1 N–H and O–H groups in total. The highest BCUT2D eigenvalue weighted by atomic mass is 29.2. The Morgan fingerprint density at radius 1 is 1.16 bits per heavy atom. The molecule has 1 fully saturated rings. The number of nitrogens with one attached hydrogen (secondary N) is 1. The zero-order valence-corrected chi connectivity index (χ0v) is 16.0. The first kappa shape index (κ1) is 17.2. The fourth-order valence-electron chi connectivity index (χ4n) is 3.10. The predicted octanol–water partition coefficient (Wildman–Crippen LogP) is 4.45. The van der Waals surface area contributed by atoms with E-state index in [-0.39, 0.29) is 0 Å². The van der Waals surface area contributed by atoms with Crippen LogP contribution < -0.4 is 5.32 Å². The summed E-state index contributed by atoms with van der Waals surface area (Å²) in [5, 5.41) is 3.80. The molecule has 0 bridgehead atoms. The van der Waals surface area contributed by atoms with Gasteiger partial charge in [-0.05, 0) is 39.7 Å². The first-order valence-electron chi connectivity index (χ1n) is 8.28. The molecular weight excluding hydrogens is 262 g/mol. The van der Waals surface area contributed by atoms with Crippen molar-refractivity contribution in [3.8, 4) is 0 Å². The molecule has 0 saturated heterocycles. The molecule has 0 aromatic rings. The topological polar surface area (TPSA) is 12.0 Å². The number of hydrogen-bond acceptors (Lipinski definition) is 1. The van der Waals surface area contributed by atoms with Gasteiger partial charge in [-0.2, -0.15) is 0 Å². The summed E-state index contributed by atoms with van der Waals surface area (Å²) in [6.07, 6.45) is 8.60. The van der Waals surface area contributed by atoms with E-state index in [1.807, 2.05) is 0 Å². The molecule has 1 aliphatic rings. The minimum atomic E-state index is -0.904. The third kappa shape index (κ3) is 7.47.